The zero-order valence-electron chi connectivity index (χ0n) is 12.1. The Morgan fingerprint density at radius 1 is 1.23 bits per heavy atom. The lowest BCUT2D eigenvalue weighted by atomic mass is 10.1. The lowest BCUT2D eigenvalue weighted by Crippen LogP contribution is -2.08. The van der Waals surface area contributed by atoms with Crippen molar-refractivity contribution in [1.82, 2.24) is 10.2 Å². The average molecular weight is 314 g/mol. The van der Waals surface area contributed by atoms with Crippen molar-refractivity contribution in [2.24, 2.45) is 0 Å². The van der Waals surface area contributed by atoms with Gasteiger partial charge in [-0.3, -0.25) is 0 Å². The van der Waals surface area contributed by atoms with Crippen LogP contribution in [0.15, 0.2) is 46.2 Å². The highest BCUT2D eigenvalue weighted by Crippen LogP contribution is 2.24. The molecule has 0 aliphatic rings. The lowest BCUT2D eigenvalue weighted by Gasteiger charge is -2.07. The van der Waals surface area contributed by atoms with Crippen LogP contribution in [0.3, 0.4) is 0 Å². The van der Waals surface area contributed by atoms with E-state index in [0.717, 1.165) is 11.1 Å². The van der Waals surface area contributed by atoms with Crippen LogP contribution in [0.2, 0.25) is 0 Å². The molecule has 0 saturated heterocycles. The molecule has 0 N–H and O–H groups in total. The van der Waals surface area contributed by atoms with E-state index >= 15 is 0 Å². The van der Waals surface area contributed by atoms with Crippen molar-refractivity contribution in [2.75, 3.05) is 0 Å². The highest BCUT2D eigenvalue weighted by atomic mass is 32.1. The smallest absolute Gasteiger partial charge is 0.349 e. The van der Waals surface area contributed by atoms with Gasteiger partial charge in [0.25, 0.3) is 5.89 Å². The van der Waals surface area contributed by atoms with E-state index in [2.05, 4.69) is 10.2 Å². The van der Waals surface area contributed by atoms with Crippen LogP contribution in [0.4, 0.5) is 0 Å². The number of nitrogens with zero attached hydrogens (tertiary/aromatic N) is 2. The Kier molecular flexibility index (Phi) is 4.02. The summed E-state index contributed by atoms with van der Waals surface area (Å²) < 4.78 is 10.9. The van der Waals surface area contributed by atoms with Gasteiger partial charge in [0, 0.05) is 5.56 Å². The third-order valence-electron chi connectivity index (χ3n) is 3.09. The second-order valence-electron chi connectivity index (χ2n) is 4.84. The zero-order chi connectivity index (χ0) is 15.5. The van der Waals surface area contributed by atoms with Gasteiger partial charge >= 0.3 is 5.97 Å². The molecular weight excluding hydrogens is 300 g/mol. The predicted molar refractivity (Wildman–Crippen MR) is 82.6 cm³/mol. The van der Waals surface area contributed by atoms with E-state index in [4.69, 9.17) is 9.15 Å². The van der Waals surface area contributed by atoms with Crippen LogP contribution in [0.5, 0.6) is 0 Å². The molecule has 0 aliphatic heterocycles. The molecule has 22 heavy (non-hydrogen) atoms. The number of thiophene rings is 1. The highest BCUT2D eigenvalue weighted by molar-refractivity contribution is 7.11. The summed E-state index contributed by atoms with van der Waals surface area (Å²) >= 11 is 1.33. The number of hydrogen-bond donors (Lipinski definition) is 0. The predicted octanol–water partition coefficient (Wildman–Crippen LogP) is 4.02. The molecule has 0 spiro atoms. The molecule has 0 amide bonds. The molecule has 0 radical (unpaired) electrons. The number of aryl methyl sites for hydroxylation is 1. The Balaban J connectivity index is 1.73. The maximum absolute atomic E-state index is 11.9. The molecule has 5 nitrogen and oxygen atoms in total. The summed E-state index contributed by atoms with van der Waals surface area (Å²) in [5.41, 5.74) is 1.99. The first-order chi connectivity index (χ1) is 10.6. The van der Waals surface area contributed by atoms with Gasteiger partial charge in [-0.25, -0.2) is 4.79 Å². The Labute approximate surface area is 131 Å². The second-order valence-corrected chi connectivity index (χ2v) is 5.78. The SMILES string of the molecule is Cc1ccc(-c2nnc([C@@H](C)OC(=O)c3cccs3)o2)cc1. The molecule has 0 aliphatic carbocycles. The largest absolute Gasteiger partial charge is 0.448 e. The summed E-state index contributed by atoms with van der Waals surface area (Å²) in [4.78, 5) is 12.4. The average Bonchev–Trinajstić information content (AvgIpc) is 3.20. The van der Waals surface area contributed by atoms with Gasteiger partial charge in [0.15, 0.2) is 6.10 Å². The highest BCUT2D eigenvalue weighted by Gasteiger charge is 2.20. The fourth-order valence-electron chi connectivity index (χ4n) is 1.88. The summed E-state index contributed by atoms with van der Waals surface area (Å²) in [6.45, 7) is 3.72. The number of esters is 1. The Morgan fingerprint density at radius 3 is 2.68 bits per heavy atom. The van der Waals surface area contributed by atoms with Crippen molar-refractivity contribution >= 4 is 17.3 Å². The first kappa shape index (κ1) is 14.5. The maximum atomic E-state index is 11.9. The van der Waals surface area contributed by atoms with E-state index < -0.39 is 12.1 Å². The third kappa shape index (κ3) is 3.07. The van der Waals surface area contributed by atoms with E-state index in [1.165, 1.54) is 11.3 Å². The van der Waals surface area contributed by atoms with E-state index in [0.29, 0.717) is 10.8 Å². The Bertz CT molecular complexity index is 763. The van der Waals surface area contributed by atoms with E-state index in [1.807, 2.05) is 36.6 Å². The molecule has 0 unspecified atom stereocenters. The topological polar surface area (TPSA) is 65.2 Å². The maximum Gasteiger partial charge on any atom is 0.349 e. The van der Waals surface area contributed by atoms with Crippen molar-refractivity contribution in [1.29, 1.82) is 0 Å². The Morgan fingerprint density at radius 2 is 2.00 bits per heavy atom. The van der Waals surface area contributed by atoms with Gasteiger partial charge in [0.1, 0.15) is 4.88 Å². The van der Waals surface area contributed by atoms with Crippen molar-refractivity contribution in [3.8, 4) is 11.5 Å². The van der Waals surface area contributed by atoms with Crippen molar-refractivity contribution < 1.29 is 13.9 Å². The molecule has 112 valence electrons. The van der Waals surface area contributed by atoms with Crippen LogP contribution >= 0.6 is 11.3 Å². The summed E-state index contributed by atoms with van der Waals surface area (Å²) in [5.74, 6) is 0.298. The summed E-state index contributed by atoms with van der Waals surface area (Å²) in [7, 11) is 0. The molecule has 1 aromatic carbocycles. The summed E-state index contributed by atoms with van der Waals surface area (Å²) in [5, 5.41) is 9.78. The number of ether oxygens (including phenoxy) is 1. The molecule has 2 heterocycles. The second kappa shape index (κ2) is 6.11. The van der Waals surface area contributed by atoms with Crippen LogP contribution in [0, 0.1) is 6.92 Å². The number of hydrogen-bond acceptors (Lipinski definition) is 6. The minimum absolute atomic E-state index is 0.278. The van der Waals surface area contributed by atoms with E-state index in [-0.39, 0.29) is 5.89 Å². The number of carbonyl (C=O) groups excluding carboxylic acids is 1. The number of aromatic nitrogens is 2. The summed E-state index contributed by atoms with van der Waals surface area (Å²) in [6, 6.07) is 11.3. The van der Waals surface area contributed by atoms with Crippen molar-refractivity contribution in [3.05, 3.63) is 58.1 Å². The normalized spacial score (nSPS) is 12.1. The molecule has 3 aromatic rings. The zero-order valence-corrected chi connectivity index (χ0v) is 13.0. The fraction of sp³-hybridized carbons (Fsp3) is 0.188. The molecule has 2 aromatic heterocycles. The van der Waals surface area contributed by atoms with Crippen LogP contribution in [-0.2, 0) is 4.74 Å². The number of benzene rings is 1. The van der Waals surface area contributed by atoms with Gasteiger partial charge in [-0.1, -0.05) is 23.8 Å². The molecule has 3 rings (SSSR count). The standard InChI is InChI=1S/C16H14N2O3S/c1-10-5-7-12(8-6-10)15-18-17-14(21-15)11(2)20-16(19)13-4-3-9-22-13/h3-9,11H,1-2H3/t11-/m1/s1. The quantitative estimate of drug-likeness (QED) is 0.680. The minimum atomic E-state index is -0.596. The summed E-state index contributed by atoms with van der Waals surface area (Å²) in [6.07, 6.45) is -0.596. The molecule has 1 atom stereocenters. The third-order valence-corrected chi connectivity index (χ3v) is 3.94. The minimum Gasteiger partial charge on any atom is -0.448 e. The van der Waals surface area contributed by atoms with Crippen LogP contribution in [0.25, 0.3) is 11.5 Å². The van der Waals surface area contributed by atoms with Crippen molar-refractivity contribution in [3.63, 3.8) is 0 Å². The lowest BCUT2D eigenvalue weighted by molar-refractivity contribution is 0.0285. The first-order valence-corrected chi connectivity index (χ1v) is 7.66. The Hall–Kier alpha value is -2.47. The van der Waals surface area contributed by atoms with Crippen LogP contribution in [0.1, 0.15) is 34.2 Å². The monoisotopic (exact) mass is 314 g/mol. The van der Waals surface area contributed by atoms with Gasteiger partial charge in [-0.2, -0.15) is 0 Å². The molecule has 0 fully saturated rings. The molecule has 0 bridgehead atoms. The number of carbonyl (C=O) groups is 1. The van der Waals surface area contributed by atoms with Gasteiger partial charge in [-0.05, 0) is 37.4 Å². The van der Waals surface area contributed by atoms with Gasteiger partial charge in [0.05, 0.1) is 0 Å². The van der Waals surface area contributed by atoms with Gasteiger partial charge in [-0.15, -0.1) is 21.5 Å². The fourth-order valence-corrected chi connectivity index (χ4v) is 2.48. The van der Waals surface area contributed by atoms with E-state index in [9.17, 15) is 4.79 Å². The van der Waals surface area contributed by atoms with E-state index in [1.54, 1.807) is 19.1 Å². The van der Waals surface area contributed by atoms with Gasteiger partial charge < -0.3 is 9.15 Å². The first-order valence-electron chi connectivity index (χ1n) is 6.78. The van der Waals surface area contributed by atoms with Gasteiger partial charge in [0.2, 0.25) is 5.89 Å². The van der Waals surface area contributed by atoms with Crippen LogP contribution in [-0.4, -0.2) is 16.2 Å². The van der Waals surface area contributed by atoms with Crippen LogP contribution < -0.4 is 0 Å². The van der Waals surface area contributed by atoms with Crippen molar-refractivity contribution in [2.45, 2.75) is 20.0 Å². The molecular formula is C16H14N2O3S. The molecule has 6 heteroatoms. The molecule has 0 saturated carbocycles. The number of rotatable bonds is 4.